The van der Waals surface area contributed by atoms with Gasteiger partial charge in [-0.15, -0.1) is 0 Å². The lowest BCUT2D eigenvalue weighted by Crippen LogP contribution is -2.43. The normalized spacial score (nSPS) is 17.2. The number of nitro benzene ring substituents is 1. The van der Waals surface area contributed by atoms with Crippen LogP contribution in [0.4, 0.5) is 10.5 Å². The van der Waals surface area contributed by atoms with E-state index in [0.717, 1.165) is 10.0 Å². The van der Waals surface area contributed by atoms with Crippen molar-refractivity contribution in [2.24, 2.45) is 0 Å². The molecule has 0 spiro atoms. The van der Waals surface area contributed by atoms with Gasteiger partial charge in [0, 0.05) is 23.2 Å². The van der Waals surface area contributed by atoms with Crippen LogP contribution in [-0.2, 0) is 4.74 Å². The molecule has 1 saturated heterocycles. The van der Waals surface area contributed by atoms with Gasteiger partial charge in [0.25, 0.3) is 5.69 Å². The van der Waals surface area contributed by atoms with Gasteiger partial charge in [-0.25, -0.2) is 4.79 Å². The number of amides is 1. The van der Waals surface area contributed by atoms with E-state index in [1.165, 1.54) is 24.3 Å². The highest BCUT2D eigenvalue weighted by molar-refractivity contribution is 9.10. The van der Waals surface area contributed by atoms with Gasteiger partial charge in [-0.05, 0) is 29.8 Å². The Kier molecular flexibility index (Phi) is 5.30. The number of non-ortho nitro benzene ring substituents is 1. The van der Waals surface area contributed by atoms with Gasteiger partial charge in [0.2, 0.25) is 0 Å². The lowest BCUT2D eigenvalue weighted by molar-refractivity contribution is -0.384. The SMILES string of the molecule is O=C(Oc1ccc([N+](=O)[O-])cc1)N1CCO[C@H](c2ccc(Br)cc2)C1. The zero-order valence-electron chi connectivity index (χ0n) is 13.1. The fourth-order valence-corrected chi connectivity index (χ4v) is 2.76. The molecule has 1 fully saturated rings. The second kappa shape index (κ2) is 7.62. The number of nitrogens with zero attached hydrogens (tertiary/aromatic N) is 2. The number of rotatable bonds is 3. The van der Waals surface area contributed by atoms with E-state index in [4.69, 9.17) is 9.47 Å². The van der Waals surface area contributed by atoms with Crippen LogP contribution in [0.3, 0.4) is 0 Å². The molecule has 0 N–H and O–H groups in total. The summed E-state index contributed by atoms with van der Waals surface area (Å²) < 4.78 is 12.0. The number of halogens is 1. The summed E-state index contributed by atoms with van der Waals surface area (Å²) in [6.45, 7) is 1.22. The molecule has 2 aromatic carbocycles. The quantitative estimate of drug-likeness (QED) is 0.569. The monoisotopic (exact) mass is 406 g/mol. The maximum Gasteiger partial charge on any atom is 0.415 e. The predicted octanol–water partition coefficient (Wildman–Crippen LogP) is 3.93. The molecular formula is C17H15BrN2O5. The molecule has 25 heavy (non-hydrogen) atoms. The van der Waals surface area contributed by atoms with Crippen molar-refractivity contribution in [3.05, 3.63) is 68.7 Å². The third-order valence-corrected chi connectivity index (χ3v) is 4.35. The van der Waals surface area contributed by atoms with Gasteiger partial charge < -0.3 is 14.4 Å². The molecule has 1 heterocycles. The van der Waals surface area contributed by atoms with E-state index in [-0.39, 0.29) is 17.5 Å². The molecule has 1 aliphatic heterocycles. The lowest BCUT2D eigenvalue weighted by atomic mass is 10.1. The molecule has 2 aromatic rings. The van der Waals surface area contributed by atoms with E-state index in [2.05, 4.69) is 15.9 Å². The number of carbonyl (C=O) groups is 1. The van der Waals surface area contributed by atoms with E-state index in [9.17, 15) is 14.9 Å². The van der Waals surface area contributed by atoms with Crippen molar-refractivity contribution in [2.75, 3.05) is 19.7 Å². The summed E-state index contributed by atoms with van der Waals surface area (Å²) in [6, 6.07) is 13.1. The molecule has 1 atom stereocenters. The van der Waals surface area contributed by atoms with Crippen molar-refractivity contribution >= 4 is 27.7 Å². The first-order valence-corrected chi connectivity index (χ1v) is 8.40. The third kappa shape index (κ3) is 4.34. The standard InChI is InChI=1S/C17H15BrN2O5/c18-13-3-1-12(2-4-13)16-11-19(9-10-24-16)17(21)25-15-7-5-14(6-8-15)20(22)23/h1-8,16H,9-11H2/t16-/m0/s1. The van der Waals surface area contributed by atoms with Crippen molar-refractivity contribution in [3.8, 4) is 5.75 Å². The third-order valence-electron chi connectivity index (χ3n) is 3.82. The fraction of sp³-hybridized carbons (Fsp3) is 0.235. The maximum atomic E-state index is 12.3. The predicted molar refractivity (Wildman–Crippen MR) is 93.5 cm³/mol. The first kappa shape index (κ1) is 17.4. The Morgan fingerprint density at radius 1 is 1.20 bits per heavy atom. The Morgan fingerprint density at radius 3 is 2.52 bits per heavy atom. The van der Waals surface area contributed by atoms with Crippen molar-refractivity contribution in [1.82, 2.24) is 4.90 Å². The average Bonchev–Trinajstić information content (AvgIpc) is 2.63. The van der Waals surface area contributed by atoms with E-state index in [1.54, 1.807) is 4.90 Å². The first-order valence-electron chi connectivity index (χ1n) is 7.61. The van der Waals surface area contributed by atoms with Crippen LogP contribution in [0.2, 0.25) is 0 Å². The summed E-state index contributed by atoms with van der Waals surface area (Å²) in [4.78, 5) is 24.0. The summed E-state index contributed by atoms with van der Waals surface area (Å²) in [5.41, 5.74) is 0.928. The van der Waals surface area contributed by atoms with E-state index < -0.39 is 11.0 Å². The Balaban J connectivity index is 1.63. The number of hydrogen-bond acceptors (Lipinski definition) is 5. The topological polar surface area (TPSA) is 81.9 Å². The number of ether oxygens (including phenoxy) is 2. The minimum Gasteiger partial charge on any atom is -0.410 e. The minimum atomic E-state index is -0.504. The zero-order valence-corrected chi connectivity index (χ0v) is 14.7. The van der Waals surface area contributed by atoms with Crippen LogP contribution in [0.1, 0.15) is 11.7 Å². The number of carbonyl (C=O) groups excluding carboxylic acids is 1. The van der Waals surface area contributed by atoms with Crippen molar-refractivity contribution in [1.29, 1.82) is 0 Å². The van der Waals surface area contributed by atoms with Crippen molar-refractivity contribution in [2.45, 2.75) is 6.10 Å². The number of benzene rings is 2. The van der Waals surface area contributed by atoms with Gasteiger partial charge in [-0.3, -0.25) is 10.1 Å². The Morgan fingerprint density at radius 2 is 1.88 bits per heavy atom. The van der Waals surface area contributed by atoms with Crippen LogP contribution in [0.25, 0.3) is 0 Å². The molecule has 0 saturated carbocycles. The lowest BCUT2D eigenvalue weighted by Gasteiger charge is -2.32. The summed E-state index contributed by atoms with van der Waals surface area (Å²) in [5.74, 6) is 0.266. The number of hydrogen-bond donors (Lipinski definition) is 0. The molecule has 1 amide bonds. The number of morpholine rings is 1. The van der Waals surface area contributed by atoms with Crippen LogP contribution < -0.4 is 4.74 Å². The molecule has 0 bridgehead atoms. The summed E-state index contributed by atoms with van der Waals surface area (Å²) >= 11 is 3.39. The molecule has 7 nitrogen and oxygen atoms in total. The van der Waals surface area contributed by atoms with Gasteiger partial charge in [-0.1, -0.05) is 28.1 Å². The van der Waals surface area contributed by atoms with Crippen molar-refractivity contribution in [3.63, 3.8) is 0 Å². The highest BCUT2D eigenvalue weighted by Crippen LogP contribution is 2.25. The Labute approximate surface area is 152 Å². The van der Waals surface area contributed by atoms with Crippen molar-refractivity contribution < 1.29 is 19.2 Å². The van der Waals surface area contributed by atoms with Crippen LogP contribution in [0.5, 0.6) is 5.75 Å². The Hall–Kier alpha value is -2.45. The van der Waals surface area contributed by atoms with Crippen LogP contribution in [0, 0.1) is 10.1 Å². The van der Waals surface area contributed by atoms with Gasteiger partial charge in [0.15, 0.2) is 0 Å². The molecule has 8 heteroatoms. The van der Waals surface area contributed by atoms with Gasteiger partial charge in [0.1, 0.15) is 11.9 Å². The first-order chi connectivity index (χ1) is 12.0. The zero-order chi connectivity index (χ0) is 17.8. The molecule has 3 rings (SSSR count). The summed E-state index contributed by atoms with van der Waals surface area (Å²) in [7, 11) is 0. The second-order valence-electron chi connectivity index (χ2n) is 5.48. The smallest absolute Gasteiger partial charge is 0.410 e. The second-order valence-corrected chi connectivity index (χ2v) is 6.39. The van der Waals surface area contributed by atoms with E-state index >= 15 is 0 Å². The summed E-state index contributed by atoms with van der Waals surface area (Å²) in [5, 5.41) is 10.6. The van der Waals surface area contributed by atoms with E-state index in [1.807, 2.05) is 24.3 Å². The van der Waals surface area contributed by atoms with Crippen LogP contribution in [-0.4, -0.2) is 35.6 Å². The molecular weight excluding hydrogens is 392 g/mol. The maximum absolute atomic E-state index is 12.3. The molecule has 130 valence electrons. The van der Waals surface area contributed by atoms with Gasteiger partial charge in [0.05, 0.1) is 18.1 Å². The molecule has 1 aliphatic rings. The molecule has 0 aliphatic carbocycles. The highest BCUT2D eigenvalue weighted by Gasteiger charge is 2.26. The largest absolute Gasteiger partial charge is 0.415 e. The van der Waals surface area contributed by atoms with Gasteiger partial charge >= 0.3 is 6.09 Å². The van der Waals surface area contributed by atoms with E-state index in [0.29, 0.717) is 19.7 Å². The fourth-order valence-electron chi connectivity index (χ4n) is 2.50. The highest BCUT2D eigenvalue weighted by atomic mass is 79.9. The number of nitro groups is 1. The molecule has 0 aromatic heterocycles. The van der Waals surface area contributed by atoms with Crippen LogP contribution in [0.15, 0.2) is 53.0 Å². The van der Waals surface area contributed by atoms with Crippen LogP contribution >= 0.6 is 15.9 Å². The molecule has 0 unspecified atom stereocenters. The molecule has 0 radical (unpaired) electrons. The Bertz CT molecular complexity index is 764. The average molecular weight is 407 g/mol. The summed E-state index contributed by atoms with van der Waals surface area (Å²) in [6.07, 6.45) is -0.717. The van der Waals surface area contributed by atoms with Gasteiger partial charge in [-0.2, -0.15) is 0 Å². The minimum absolute atomic E-state index is 0.0542.